The summed E-state index contributed by atoms with van der Waals surface area (Å²) in [5, 5.41) is 0. The van der Waals surface area contributed by atoms with Gasteiger partial charge in [0, 0.05) is 31.7 Å². The third-order valence-corrected chi connectivity index (χ3v) is 5.81. The van der Waals surface area contributed by atoms with Crippen molar-refractivity contribution in [3.05, 3.63) is 29.8 Å². The van der Waals surface area contributed by atoms with Gasteiger partial charge in [-0.25, -0.2) is 8.42 Å². The summed E-state index contributed by atoms with van der Waals surface area (Å²) in [7, 11) is -3.48. The Balaban J connectivity index is 2.18. The van der Waals surface area contributed by atoms with Crippen LogP contribution >= 0.6 is 0 Å². The molecule has 1 aliphatic rings. The predicted octanol–water partition coefficient (Wildman–Crippen LogP) is 1.19. The summed E-state index contributed by atoms with van der Waals surface area (Å²) in [4.78, 5) is 14.3. The largest absolute Gasteiger partial charge is 0.378 e. The number of sulfonamides is 1. The molecule has 0 atom stereocenters. The molecular weight excluding hydrogens is 304 g/mol. The second-order valence-electron chi connectivity index (χ2n) is 5.02. The van der Waals surface area contributed by atoms with E-state index in [1.54, 1.807) is 30.9 Å². The molecule has 0 N–H and O–H groups in total. The first-order valence-electron chi connectivity index (χ1n) is 7.48. The highest BCUT2D eigenvalue weighted by Crippen LogP contribution is 2.17. The Labute approximate surface area is 131 Å². The molecule has 122 valence electrons. The van der Waals surface area contributed by atoms with Gasteiger partial charge in [0.1, 0.15) is 0 Å². The maximum atomic E-state index is 12.4. The molecule has 1 heterocycles. The molecule has 1 amide bonds. The van der Waals surface area contributed by atoms with Crippen LogP contribution in [0, 0.1) is 0 Å². The van der Waals surface area contributed by atoms with Crippen molar-refractivity contribution < 1.29 is 17.9 Å². The van der Waals surface area contributed by atoms with E-state index in [0.717, 1.165) is 0 Å². The van der Waals surface area contributed by atoms with Gasteiger partial charge in [-0.2, -0.15) is 4.31 Å². The lowest BCUT2D eigenvalue weighted by Gasteiger charge is -2.27. The van der Waals surface area contributed by atoms with Gasteiger partial charge in [0.25, 0.3) is 5.91 Å². The summed E-state index contributed by atoms with van der Waals surface area (Å²) in [6.45, 7) is 6.67. The SMILES string of the molecule is CCN(CC)S(=O)(=O)c1ccc(C(=O)N2CCOCC2)cc1. The summed E-state index contributed by atoms with van der Waals surface area (Å²) in [6.07, 6.45) is 0. The summed E-state index contributed by atoms with van der Waals surface area (Å²) < 4.78 is 31.4. The third kappa shape index (κ3) is 3.48. The van der Waals surface area contributed by atoms with Gasteiger partial charge in [0.15, 0.2) is 0 Å². The van der Waals surface area contributed by atoms with Crippen LogP contribution in [0.25, 0.3) is 0 Å². The van der Waals surface area contributed by atoms with Gasteiger partial charge < -0.3 is 9.64 Å². The Bertz CT molecular complexity index is 603. The number of carbonyl (C=O) groups excluding carboxylic acids is 1. The first-order chi connectivity index (χ1) is 10.5. The average molecular weight is 326 g/mol. The second-order valence-corrected chi connectivity index (χ2v) is 6.96. The average Bonchev–Trinajstić information content (AvgIpc) is 2.56. The third-order valence-electron chi connectivity index (χ3n) is 3.74. The minimum atomic E-state index is -3.48. The molecule has 0 aliphatic carbocycles. The van der Waals surface area contributed by atoms with Gasteiger partial charge >= 0.3 is 0 Å². The monoisotopic (exact) mass is 326 g/mol. The van der Waals surface area contributed by atoms with Gasteiger partial charge in [-0.3, -0.25) is 4.79 Å². The molecule has 0 bridgehead atoms. The summed E-state index contributed by atoms with van der Waals surface area (Å²) in [5.41, 5.74) is 0.500. The van der Waals surface area contributed by atoms with E-state index in [9.17, 15) is 13.2 Å². The number of amides is 1. The van der Waals surface area contributed by atoms with Crippen LogP contribution in [0.4, 0.5) is 0 Å². The van der Waals surface area contributed by atoms with E-state index in [2.05, 4.69) is 0 Å². The van der Waals surface area contributed by atoms with Gasteiger partial charge in [-0.05, 0) is 24.3 Å². The molecule has 1 aliphatic heterocycles. The summed E-state index contributed by atoms with van der Waals surface area (Å²) in [5.74, 6) is -0.0879. The fourth-order valence-electron chi connectivity index (χ4n) is 2.43. The Morgan fingerprint density at radius 1 is 1.14 bits per heavy atom. The molecule has 1 saturated heterocycles. The minimum absolute atomic E-state index is 0.0879. The first-order valence-corrected chi connectivity index (χ1v) is 8.92. The van der Waals surface area contributed by atoms with Crippen molar-refractivity contribution in [3.8, 4) is 0 Å². The highest BCUT2D eigenvalue weighted by Gasteiger charge is 2.23. The zero-order valence-electron chi connectivity index (χ0n) is 13.0. The molecule has 2 rings (SSSR count). The Morgan fingerprint density at radius 3 is 2.18 bits per heavy atom. The van der Waals surface area contributed by atoms with Crippen molar-refractivity contribution in [1.29, 1.82) is 0 Å². The fourth-order valence-corrected chi connectivity index (χ4v) is 3.89. The number of nitrogens with zero attached hydrogens (tertiary/aromatic N) is 2. The van der Waals surface area contributed by atoms with E-state index in [-0.39, 0.29) is 10.8 Å². The normalized spacial score (nSPS) is 16.0. The van der Waals surface area contributed by atoms with Crippen LogP contribution in [0.3, 0.4) is 0 Å². The maximum Gasteiger partial charge on any atom is 0.254 e. The van der Waals surface area contributed by atoms with Crippen LogP contribution < -0.4 is 0 Å². The number of benzene rings is 1. The molecule has 6 nitrogen and oxygen atoms in total. The van der Waals surface area contributed by atoms with E-state index in [4.69, 9.17) is 4.74 Å². The van der Waals surface area contributed by atoms with Crippen LogP contribution in [-0.4, -0.2) is 62.9 Å². The van der Waals surface area contributed by atoms with Crippen molar-refractivity contribution in [2.24, 2.45) is 0 Å². The number of rotatable bonds is 5. The van der Waals surface area contributed by atoms with Gasteiger partial charge in [-0.15, -0.1) is 0 Å². The van der Waals surface area contributed by atoms with Crippen LogP contribution in [0.1, 0.15) is 24.2 Å². The van der Waals surface area contributed by atoms with Crippen LogP contribution in [0.2, 0.25) is 0 Å². The summed E-state index contributed by atoms with van der Waals surface area (Å²) in [6, 6.07) is 6.16. The molecule has 7 heteroatoms. The predicted molar refractivity (Wildman–Crippen MR) is 83.3 cm³/mol. The van der Waals surface area contributed by atoms with E-state index in [0.29, 0.717) is 45.0 Å². The van der Waals surface area contributed by atoms with Crippen molar-refractivity contribution >= 4 is 15.9 Å². The van der Waals surface area contributed by atoms with E-state index in [1.165, 1.54) is 16.4 Å². The van der Waals surface area contributed by atoms with Crippen LogP contribution in [0.15, 0.2) is 29.2 Å². The summed E-state index contributed by atoms with van der Waals surface area (Å²) >= 11 is 0. The second kappa shape index (κ2) is 7.21. The smallest absolute Gasteiger partial charge is 0.254 e. The lowest BCUT2D eigenvalue weighted by atomic mass is 10.2. The molecule has 0 saturated carbocycles. The quantitative estimate of drug-likeness (QED) is 0.815. The first kappa shape index (κ1) is 16.9. The Morgan fingerprint density at radius 2 is 1.68 bits per heavy atom. The number of carbonyl (C=O) groups is 1. The highest BCUT2D eigenvalue weighted by atomic mass is 32.2. The van der Waals surface area contributed by atoms with E-state index in [1.807, 2.05) is 0 Å². The molecule has 1 aromatic carbocycles. The lowest BCUT2D eigenvalue weighted by Crippen LogP contribution is -2.40. The van der Waals surface area contributed by atoms with Crippen LogP contribution in [0.5, 0.6) is 0 Å². The Hall–Kier alpha value is -1.44. The molecule has 0 radical (unpaired) electrons. The molecule has 1 fully saturated rings. The standard InChI is InChI=1S/C15H22N2O4S/c1-3-17(4-2)22(19,20)14-7-5-13(6-8-14)15(18)16-9-11-21-12-10-16/h5-8H,3-4,9-12H2,1-2H3. The number of hydrogen-bond acceptors (Lipinski definition) is 4. The zero-order valence-corrected chi connectivity index (χ0v) is 13.8. The lowest BCUT2D eigenvalue weighted by molar-refractivity contribution is 0.0303. The minimum Gasteiger partial charge on any atom is -0.378 e. The Kier molecular flexibility index (Phi) is 5.55. The molecular formula is C15H22N2O4S. The van der Waals surface area contributed by atoms with Gasteiger partial charge in [0.05, 0.1) is 18.1 Å². The van der Waals surface area contributed by atoms with Gasteiger partial charge in [-0.1, -0.05) is 13.8 Å². The van der Waals surface area contributed by atoms with Crippen LogP contribution in [-0.2, 0) is 14.8 Å². The van der Waals surface area contributed by atoms with E-state index >= 15 is 0 Å². The molecule has 0 aromatic heterocycles. The highest BCUT2D eigenvalue weighted by molar-refractivity contribution is 7.89. The fraction of sp³-hybridized carbons (Fsp3) is 0.533. The number of hydrogen-bond donors (Lipinski definition) is 0. The van der Waals surface area contributed by atoms with Crippen molar-refractivity contribution in [2.75, 3.05) is 39.4 Å². The molecule has 0 unspecified atom stereocenters. The number of ether oxygens (including phenoxy) is 1. The van der Waals surface area contributed by atoms with Crippen molar-refractivity contribution in [3.63, 3.8) is 0 Å². The van der Waals surface area contributed by atoms with Gasteiger partial charge in [0.2, 0.25) is 10.0 Å². The number of morpholine rings is 1. The molecule has 0 spiro atoms. The van der Waals surface area contributed by atoms with Crippen molar-refractivity contribution in [2.45, 2.75) is 18.7 Å². The van der Waals surface area contributed by atoms with Crippen molar-refractivity contribution in [1.82, 2.24) is 9.21 Å². The molecule has 1 aromatic rings. The maximum absolute atomic E-state index is 12.4. The zero-order chi connectivity index (χ0) is 16.2. The molecule has 22 heavy (non-hydrogen) atoms. The topological polar surface area (TPSA) is 66.9 Å². The van der Waals surface area contributed by atoms with E-state index < -0.39 is 10.0 Å².